The van der Waals surface area contributed by atoms with E-state index in [2.05, 4.69) is 10.6 Å². The fourth-order valence-corrected chi connectivity index (χ4v) is 8.93. The molecule has 4 heterocycles. The van der Waals surface area contributed by atoms with Crippen LogP contribution in [0.2, 0.25) is 0 Å². The van der Waals surface area contributed by atoms with Gasteiger partial charge in [-0.2, -0.15) is 0 Å². The molecule has 53 heavy (non-hydrogen) atoms. The number of fused-ring (bicyclic) bond motifs is 2. The van der Waals surface area contributed by atoms with Gasteiger partial charge >= 0.3 is 0 Å². The van der Waals surface area contributed by atoms with Crippen LogP contribution in [0, 0.1) is 10.8 Å². The van der Waals surface area contributed by atoms with E-state index in [1.54, 1.807) is 41.5 Å². The molecule has 2 aromatic rings. The van der Waals surface area contributed by atoms with Crippen LogP contribution in [0.25, 0.3) is 0 Å². The average molecular weight is 783 g/mol. The molecule has 300 valence electrons. The second-order valence-corrected chi connectivity index (χ2v) is 19.4. The molecule has 2 aliphatic heterocycles. The maximum Gasteiger partial charge on any atom is 0.292 e. The summed E-state index contributed by atoms with van der Waals surface area (Å²) in [5.41, 5.74) is 9.84. The SMILES string of the molecule is C.CC1(C)Cc2c(sc(NC(=O)C(=O)C(C)(C)C)c2C(N)=O)C(C)(C)O1.CC1(C)Cc2c(sc(NC(=O)C(O)C(C)(C)C)c2C(N)=O)C(C)(C)O1.CO. The molecule has 0 saturated heterocycles. The third-order valence-electron chi connectivity index (χ3n) is 8.29. The fourth-order valence-electron chi connectivity index (χ4n) is 6.41. The molecule has 2 aromatic heterocycles. The van der Waals surface area contributed by atoms with Crippen molar-refractivity contribution in [2.75, 3.05) is 17.7 Å². The molecule has 0 spiro atoms. The molecule has 15 heteroatoms. The van der Waals surface area contributed by atoms with Crippen LogP contribution in [0.1, 0.15) is 146 Å². The number of hydrogen-bond acceptors (Lipinski definition) is 11. The first kappa shape index (κ1) is 47.8. The number of carbonyl (C=O) groups is 5. The predicted molar refractivity (Wildman–Crippen MR) is 212 cm³/mol. The van der Waals surface area contributed by atoms with Crippen LogP contribution in [0.5, 0.6) is 0 Å². The van der Waals surface area contributed by atoms with E-state index in [0.29, 0.717) is 28.4 Å². The highest BCUT2D eigenvalue weighted by Crippen LogP contribution is 2.49. The minimum Gasteiger partial charge on any atom is -0.400 e. The molecule has 0 aromatic carbocycles. The summed E-state index contributed by atoms with van der Waals surface area (Å²) in [6.45, 7) is 25.8. The number of hydrogen-bond donors (Lipinski definition) is 6. The normalized spacial score (nSPS) is 18.1. The standard InChI is InChI=1S/C18H28N2O4S.C18H26N2O4S.CH4O.CH4/c2*1-16(2,3)11(21)14(23)20-15-10(13(19)22)9-8-17(4,5)24-18(6,7)12(9)25-15;1-2;/h11,21H,8H2,1-7H3,(H2,19,22)(H,20,23);8H2,1-7H3,(H2,19,22)(H,20,23);2H,1H3;1H4. The Hall–Kier alpha value is -3.21. The number of rotatable bonds is 6. The lowest BCUT2D eigenvalue weighted by Gasteiger charge is -2.41. The van der Waals surface area contributed by atoms with Crippen molar-refractivity contribution >= 4 is 62.1 Å². The Morgan fingerprint density at radius 3 is 1.34 bits per heavy atom. The van der Waals surface area contributed by atoms with Gasteiger partial charge < -0.3 is 41.8 Å². The number of carbonyl (C=O) groups excluding carboxylic acids is 5. The molecule has 0 fully saturated rings. The van der Waals surface area contributed by atoms with E-state index in [-0.39, 0.29) is 13.0 Å². The Balaban J connectivity index is 0.000000497. The predicted octanol–water partition coefficient (Wildman–Crippen LogP) is 6.01. The summed E-state index contributed by atoms with van der Waals surface area (Å²) in [5.74, 6) is -3.06. The van der Waals surface area contributed by atoms with Crippen LogP contribution in [0.3, 0.4) is 0 Å². The molecule has 0 aliphatic carbocycles. The van der Waals surface area contributed by atoms with Crippen molar-refractivity contribution in [2.24, 2.45) is 22.3 Å². The second kappa shape index (κ2) is 16.3. The first-order valence-corrected chi connectivity index (χ1v) is 18.6. The molecular weight excluding hydrogens is 721 g/mol. The number of nitrogens with one attached hydrogen (secondary N) is 2. The van der Waals surface area contributed by atoms with Gasteiger partial charge in [0.15, 0.2) is 0 Å². The largest absolute Gasteiger partial charge is 0.400 e. The lowest BCUT2D eigenvalue weighted by molar-refractivity contribution is -0.139. The third kappa shape index (κ3) is 10.9. The van der Waals surface area contributed by atoms with Crippen molar-refractivity contribution in [3.05, 3.63) is 32.0 Å². The molecular formula is C38H62N4O9S2. The zero-order chi connectivity index (χ0) is 40.7. The summed E-state index contributed by atoms with van der Waals surface area (Å²) in [6.07, 6.45) is -0.171. The van der Waals surface area contributed by atoms with E-state index in [9.17, 15) is 29.1 Å². The van der Waals surface area contributed by atoms with Gasteiger partial charge in [-0.1, -0.05) is 49.0 Å². The molecule has 4 amide bonds. The van der Waals surface area contributed by atoms with Gasteiger partial charge in [-0.25, -0.2) is 0 Å². The van der Waals surface area contributed by atoms with E-state index in [4.69, 9.17) is 26.0 Å². The van der Waals surface area contributed by atoms with Crippen molar-refractivity contribution in [3.63, 3.8) is 0 Å². The van der Waals surface area contributed by atoms with Gasteiger partial charge in [0.2, 0.25) is 5.78 Å². The van der Waals surface area contributed by atoms with Gasteiger partial charge in [-0.3, -0.25) is 24.0 Å². The quantitative estimate of drug-likeness (QED) is 0.189. The molecule has 8 N–H and O–H groups in total. The number of ketones is 1. The number of nitrogens with two attached hydrogens (primary N) is 2. The van der Waals surface area contributed by atoms with Gasteiger partial charge in [0, 0.05) is 35.1 Å². The summed E-state index contributed by atoms with van der Waals surface area (Å²) >= 11 is 2.53. The third-order valence-corrected chi connectivity index (χ3v) is 11.2. The number of aliphatic hydroxyl groups excluding tert-OH is 2. The monoisotopic (exact) mass is 782 g/mol. The van der Waals surface area contributed by atoms with Crippen molar-refractivity contribution in [1.82, 2.24) is 0 Å². The van der Waals surface area contributed by atoms with Crippen LogP contribution in [0.15, 0.2) is 0 Å². The molecule has 0 saturated carbocycles. The van der Waals surface area contributed by atoms with Gasteiger partial charge in [0.25, 0.3) is 23.6 Å². The molecule has 4 rings (SSSR count). The van der Waals surface area contributed by atoms with Crippen LogP contribution in [-0.4, -0.2) is 64.0 Å². The lowest BCUT2D eigenvalue weighted by atomic mass is 9.86. The lowest BCUT2D eigenvalue weighted by Crippen LogP contribution is -2.42. The van der Waals surface area contributed by atoms with E-state index >= 15 is 0 Å². The van der Waals surface area contributed by atoms with E-state index in [1.807, 2.05) is 55.4 Å². The van der Waals surface area contributed by atoms with Crippen molar-refractivity contribution in [3.8, 4) is 0 Å². The average Bonchev–Trinajstić information content (AvgIpc) is 3.49. The minimum absolute atomic E-state index is 0. The summed E-state index contributed by atoms with van der Waals surface area (Å²) in [6, 6.07) is 0. The van der Waals surface area contributed by atoms with E-state index in [0.717, 1.165) is 28.0 Å². The maximum absolute atomic E-state index is 12.4. The summed E-state index contributed by atoms with van der Waals surface area (Å²) in [7, 11) is 1.00. The fraction of sp³-hybridized carbons (Fsp3) is 0.658. The summed E-state index contributed by atoms with van der Waals surface area (Å²) in [4.78, 5) is 62.8. The minimum atomic E-state index is -1.20. The molecule has 13 nitrogen and oxygen atoms in total. The number of anilines is 2. The van der Waals surface area contributed by atoms with Crippen LogP contribution >= 0.6 is 22.7 Å². The zero-order valence-electron chi connectivity index (χ0n) is 33.2. The molecule has 1 unspecified atom stereocenters. The summed E-state index contributed by atoms with van der Waals surface area (Å²) in [5, 5.41) is 23.2. The van der Waals surface area contributed by atoms with Crippen LogP contribution in [-0.2, 0) is 47.9 Å². The first-order chi connectivity index (χ1) is 23.3. The Bertz CT molecular complexity index is 1720. The van der Waals surface area contributed by atoms with Gasteiger partial charge in [0.05, 0.1) is 33.5 Å². The summed E-state index contributed by atoms with van der Waals surface area (Å²) < 4.78 is 12.3. The highest BCUT2D eigenvalue weighted by Gasteiger charge is 2.45. The van der Waals surface area contributed by atoms with Gasteiger partial charge in [0.1, 0.15) is 16.1 Å². The maximum atomic E-state index is 12.4. The second-order valence-electron chi connectivity index (χ2n) is 17.3. The number of primary amides is 2. The Morgan fingerprint density at radius 2 is 1.04 bits per heavy atom. The number of thiophene rings is 2. The van der Waals surface area contributed by atoms with Crippen molar-refractivity contribution < 1.29 is 43.7 Å². The Morgan fingerprint density at radius 1 is 0.698 bits per heavy atom. The molecule has 0 radical (unpaired) electrons. The van der Waals surface area contributed by atoms with Crippen LogP contribution in [0.4, 0.5) is 10.0 Å². The highest BCUT2D eigenvalue weighted by molar-refractivity contribution is 7.17. The van der Waals surface area contributed by atoms with E-state index in [1.165, 1.54) is 22.7 Å². The van der Waals surface area contributed by atoms with Crippen molar-refractivity contribution in [1.29, 1.82) is 0 Å². The van der Waals surface area contributed by atoms with Crippen molar-refractivity contribution in [2.45, 2.75) is 146 Å². The number of ether oxygens (including phenoxy) is 2. The Kier molecular flexibility index (Phi) is 14.7. The topological polar surface area (TPSA) is 220 Å². The molecule has 2 aliphatic rings. The Labute approximate surface area is 322 Å². The first-order valence-electron chi connectivity index (χ1n) is 16.9. The number of amides is 4. The highest BCUT2D eigenvalue weighted by atomic mass is 32.1. The zero-order valence-corrected chi connectivity index (χ0v) is 34.8. The smallest absolute Gasteiger partial charge is 0.292 e. The van der Waals surface area contributed by atoms with Crippen LogP contribution < -0.4 is 22.1 Å². The molecule has 1 atom stereocenters. The van der Waals surface area contributed by atoms with Gasteiger partial charge in [-0.05, 0) is 71.9 Å². The number of Topliss-reactive ketones (excluding diaryl/α,β-unsaturated/α-hetero) is 1. The number of aliphatic hydroxyl groups is 2. The van der Waals surface area contributed by atoms with Gasteiger partial charge in [-0.15, -0.1) is 22.7 Å². The van der Waals surface area contributed by atoms with E-state index < -0.39 is 68.8 Å². The molecule has 0 bridgehead atoms.